The Bertz CT molecular complexity index is 555. The van der Waals surface area contributed by atoms with Crippen molar-refractivity contribution < 1.29 is 13.2 Å². The summed E-state index contributed by atoms with van der Waals surface area (Å²) in [6.45, 7) is 0.404. The maximum absolute atomic E-state index is 12.5. The van der Waals surface area contributed by atoms with Gasteiger partial charge in [0.2, 0.25) is 15.9 Å². The van der Waals surface area contributed by atoms with Crippen LogP contribution in [-0.2, 0) is 14.8 Å². The van der Waals surface area contributed by atoms with E-state index < -0.39 is 16.1 Å². The van der Waals surface area contributed by atoms with Crippen LogP contribution in [0.3, 0.4) is 0 Å². The molecule has 0 aliphatic carbocycles. The van der Waals surface area contributed by atoms with Crippen molar-refractivity contribution in [3.63, 3.8) is 0 Å². The highest BCUT2D eigenvalue weighted by atomic mass is 32.2. The van der Waals surface area contributed by atoms with E-state index in [9.17, 15) is 13.2 Å². The van der Waals surface area contributed by atoms with Crippen molar-refractivity contribution in [1.82, 2.24) is 9.21 Å². The van der Waals surface area contributed by atoms with E-state index in [2.05, 4.69) is 0 Å². The zero-order chi connectivity index (χ0) is 14.0. The van der Waals surface area contributed by atoms with Crippen LogP contribution in [0.4, 0.5) is 0 Å². The second kappa shape index (κ2) is 5.30. The molecule has 1 aromatic rings. The molecule has 1 aromatic carbocycles. The van der Waals surface area contributed by atoms with Crippen molar-refractivity contribution in [3.05, 3.63) is 30.3 Å². The molecule has 0 radical (unpaired) electrons. The first-order valence-electron chi connectivity index (χ1n) is 6.22. The number of benzene rings is 1. The van der Waals surface area contributed by atoms with Crippen LogP contribution in [-0.4, -0.2) is 50.2 Å². The van der Waals surface area contributed by atoms with Crippen LogP contribution >= 0.6 is 0 Å². The maximum Gasteiger partial charge on any atom is 0.243 e. The molecule has 0 saturated carbocycles. The average Bonchev–Trinajstić information content (AvgIpc) is 2.88. The van der Waals surface area contributed by atoms with E-state index in [0.717, 1.165) is 6.42 Å². The Morgan fingerprint density at radius 1 is 1.26 bits per heavy atom. The van der Waals surface area contributed by atoms with Crippen molar-refractivity contribution >= 4 is 15.9 Å². The molecule has 1 saturated heterocycles. The van der Waals surface area contributed by atoms with E-state index >= 15 is 0 Å². The molecule has 1 amide bonds. The predicted octanol–water partition coefficient (Wildman–Crippen LogP) is 0.928. The minimum atomic E-state index is -3.58. The Kier molecular flexibility index (Phi) is 3.91. The van der Waals surface area contributed by atoms with Gasteiger partial charge in [-0.3, -0.25) is 4.79 Å². The summed E-state index contributed by atoms with van der Waals surface area (Å²) in [5.74, 6) is -0.156. The standard InChI is InChI=1S/C13H18N2O3S/c1-14(2)13(16)12-9-6-10-15(12)19(17,18)11-7-4-3-5-8-11/h3-5,7-8,12H,6,9-10H2,1-2H3. The molecule has 104 valence electrons. The molecular weight excluding hydrogens is 264 g/mol. The molecule has 6 heteroatoms. The van der Waals surface area contributed by atoms with Crippen molar-refractivity contribution in [1.29, 1.82) is 0 Å². The van der Waals surface area contributed by atoms with Gasteiger partial charge < -0.3 is 4.90 Å². The van der Waals surface area contributed by atoms with Gasteiger partial charge in [-0.1, -0.05) is 18.2 Å². The molecule has 0 aromatic heterocycles. The molecule has 0 spiro atoms. The van der Waals surface area contributed by atoms with E-state index in [4.69, 9.17) is 0 Å². The van der Waals surface area contributed by atoms with Gasteiger partial charge in [0.1, 0.15) is 6.04 Å². The van der Waals surface area contributed by atoms with Gasteiger partial charge in [-0.2, -0.15) is 4.31 Å². The first-order valence-corrected chi connectivity index (χ1v) is 7.66. The molecule has 1 unspecified atom stereocenters. The van der Waals surface area contributed by atoms with Gasteiger partial charge in [0.25, 0.3) is 0 Å². The molecule has 0 bridgehead atoms. The highest BCUT2D eigenvalue weighted by Gasteiger charge is 2.39. The number of carbonyl (C=O) groups is 1. The van der Waals surface area contributed by atoms with Gasteiger partial charge in [-0.05, 0) is 25.0 Å². The number of hydrogen-bond donors (Lipinski definition) is 0. The Labute approximate surface area is 113 Å². The van der Waals surface area contributed by atoms with E-state index in [1.54, 1.807) is 44.4 Å². The third-order valence-corrected chi connectivity index (χ3v) is 5.20. The van der Waals surface area contributed by atoms with Gasteiger partial charge in [-0.25, -0.2) is 8.42 Å². The number of amides is 1. The van der Waals surface area contributed by atoms with Crippen LogP contribution in [0.2, 0.25) is 0 Å². The zero-order valence-corrected chi connectivity index (χ0v) is 11.9. The highest BCUT2D eigenvalue weighted by Crippen LogP contribution is 2.26. The summed E-state index contributed by atoms with van der Waals surface area (Å²) in [4.78, 5) is 13.7. The van der Waals surface area contributed by atoms with Crippen LogP contribution in [0, 0.1) is 0 Å². The van der Waals surface area contributed by atoms with E-state index in [1.165, 1.54) is 9.21 Å². The van der Waals surface area contributed by atoms with Crippen LogP contribution in [0.25, 0.3) is 0 Å². The van der Waals surface area contributed by atoms with Crippen LogP contribution < -0.4 is 0 Å². The number of carbonyl (C=O) groups excluding carboxylic acids is 1. The SMILES string of the molecule is CN(C)C(=O)C1CCCN1S(=O)(=O)c1ccccc1. The first kappa shape index (κ1) is 14.0. The second-order valence-corrected chi connectivity index (χ2v) is 6.71. The Hall–Kier alpha value is -1.40. The molecule has 1 aliphatic heterocycles. The fourth-order valence-corrected chi connectivity index (χ4v) is 3.97. The number of sulfonamides is 1. The van der Waals surface area contributed by atoms with E-state index in [1.807, 2.05) is 0 Å². The van der Waals surface area contributed by atoms with Crippen molar-refractivity contribution in [2.24, 2.45) is 0 Å². The van der Waals surface area contributed by atoms with E-state index in [-0.39, 0.29) is 10.8 Å². The largest absolute Gasteiger partial charge is 0.347 e. The predicted molar refractivity (Wildman–Crippen MR) is 72.0 cm³/mol. The summed E-state index contributed by atoms with van der Waals surface area (Å²) in [6.07, 6.45) is 1.30. The lowest BCUT2D eigenvalue weighted by Gasteiger charge is -2.25. The normalized spacial score (nSPS) is 20.4. The third-order valence-electron chi connectivity index (χ3n) is 3.28. The number of hydrogen-bond acceptors (Lipinski definition) is 3. The van der Waals surface area contributed by atoms with Gasteiger partial charge in [0.05, 0.1) is 4.90 Å². The van der Waals surface area contributed by atoms with Crippen LogP contribution in [0.5, 0.6) is 0 Å². The van der Waals surface area contributed by atoms with Crippen LogP contribution in [0.15, 0.2) is 35.2 Å². The van der Waals surface area contributed by atoms with Crippen molar-refractivity contribution in [3.8, 4) is 0 Å². The van der Waals surface area contributed by atoms with Gasteiger partial charge in [0.15, 0.2) is 0 Å². The lowest BCUT2D eigenvalue weighted by Crippen LogP contribution is -2.45. The maximum atomic E-state index is 12.5. The molecule has 1 fully saturated rings. The topological polar surface area (TPSA) is 57.7 Å². The van der Waals surface area contributed by atoms with Crippen molar-refractivity contribution in [2.75, 3.05) is 20.6 Å². The Morgan fingerprint density at radius 2 is 1.89 bits per heavy atom. The monoisotopic (exact) mass is 282 g/mol. The Balaban J connectivity index is 2.33. The smallest absolute Gasteiger partial charge is 0.243 e. The highest BCUT2D eigenvalue weighted by molar-refractivity contribution is 7.89. The summed E-state index contributed by atoms with van der Waals surface area (Å²) in [5.41, 5.74) is 0. The molecular formula is C13H18N2O3S. The van der Waals surface area contributed by atoms with Crippen LogP contribution in [0.1, 0.15) is 12.8 Å². The molecule has 1 heterocycles. The Morgan fingerprint density at radius 3 is 2.47 bits per heavy atom. The summed E-state index contributed by atoms with van der Waals surface area (Å²) < 4.78 is 26.4. The average molecular weight is 282 g/mol. The zero-order valence-electron chi connectivity index (χ0n) is 11.1. The third kappa shape index (κ3) is 2.64. The summed E-state index contributed by atoms with van der Waals surface area (Å²) in [6, 6.07) is 7.69. The molecule has 0 N–H and O–H groups in total. The molecule has 19 heavy (non-hydrogen) atoms. The fraction of sp³-hybridized carbons (Fsp3) is 0.462. The lowest BCUT2D eigenvalue weighted by atomic mass is 10.2. The van der Waals surface area contributed by atoms with Gasteiger partial charge >= 0.3 is 0 Å². The molecule has 5 nitrogen and oxygen atoms in total. The summed E-state index contributed by atoms with van der Waals surface area (Å²) >= 11 is 0. The molecule has 1 aliphatic rings. The number of likely N-dealkylation sites (N-methyl/N-ethyl adjacent to an activating group) is 1. The van der Waals surface area contributed by atoms with Gasteiger partial charge in [0, 0.05) is 20.6 Å². The summed E-state index contributed by atoms with van der Waals surface area (Å²) in [7, 11) is -0.287. The molecule has 1 atom stereocenters. The van der Waals surface area contributed by atoms with E-state index in [0.29, 0.717) is 13.0 Å². The second-order valence-electron chi connectivity index (χ2n) is 4.82. The molecule has 2 rings (SSSR count). The first-order chi connectivity index (χ1) is 8.94. The minimum Gasteiger partial charge on any atom is -0.347 e. The summed E-state index contributed by atoms with van der Waals surface area (Å²) in [5, 5.41) is 0. The lowest BCUT2D eigenvalue weighted by molar-refractivity contribution is -0.132. The van der Waals surface area contributed by atoms with Crippen molar-refractivity contribution in [2.45, 2.75) is 23.8 Å². The minimum absolute atomic E-state index is 0.156. The number of nitrogens with zero attached hydrogens (tertiary/aromatic N) is 2. The number of rotatable bonds is 3. The quantitative estimate of drug-likeness (QED) is 0.828. The van der Waals surface area contributed by atoms with Gasteiger partial charge in [-0.15, -0.1) is 0 Å². The fourth-order valence-electron chi connectivity index (χ4n) is 2.30.